The Morgan fingerprint density at radius 2 is 1.47 bits per heavy atom. The average Bonchev–Trinajstić information content (AvgIpc) is 2.76. The molecule has 0 saturated carbocycles. The number of para-hydroxylation sites is 1. The van der Waals surface area contributed by atoms with Crippen LogP contribution in [0.5, 0.6) is 0 Å². The molecule has 1 aliphatic rings. The molecule has 2 nitrogen and oxygen atoms in total. The van der Waals surface area contributed by atoms with E-state index >= 15 is 0 Å². The Labute approximate surface area is 113 Å². The zero-order chi connectivity index (χ0) is 13.2. The van der Waals surface area contributed by atoms with Crippen molar-refractivity contribution in [2.75, 3.05) is 4.90 Å². The lowest BCUT2D eigenvalue weighted by molar-refractivity contribution is -0.113. The van der Waals surface area contributed by atoms with E-state index in [9.17, 15) is 4.79 Å². The highest BCUT2D eigenvalue weighted by Gasteiger charge is 2.31. The number of carbonyl (C=O) groups excluding carboxylic acids is 1. The summed E-state index contributed by atoms with van der Waals surface area (Å²) in [6.45, 7) is 2.04. The molecule has 0 radical (unpaired) electrons. The second-order valence-corrected chi connectivity index (χ2v) is 4.70. The highest BCUT2D eigenvalue weighted by molar-refractivity contribution is 6.29. The number of rotatable bonds is 2. The molecule has 0 fully saturated rings. The first-order valence-electron chi connectivity index (χ1n) is 6.43. The smallest absolute Gasteiger partial charge is 0.259 e. The molecule has 1 aliphatic heterocycles. The zero-order valence-electron chi connectivity index (χ0n) is 10.8. The topological polar surface area (TPSA) is 20.3 Å². The standard InChI is InChI=1S/C17H15NO/c1-13-12-16(14-8-4-2-5-9-14)17(19)18(13)15-10-6-3-7-11-15/h2-13H,1H3. The monoisotopic (exact) mass is 249 g/mol. The van der Waals surface area contributed by atoms with Crippen molar-refractivity contribution in [3.05, 3.63) is 72.3 Å². The van der Waals surface area contributed by atoms with Crippen LogP contribution in [0.1, 0.15) is 12.5 Å². The van der Waals surface area contributed by atoms with Crippen molar-refractivity contribution >= 4 is 17.2 Å². The normalized spacial score (nSPS) is 18.6. The van der Waals surface area contributed by atoms with Crippen molar-refractivity contribution in [1.82, 2.24) is 0 Å². The van der Waals surface area contributed by atoms with E-state index in [0.29, 0.717) is 0 Å². The molecular formula is C17H15NO. The third-order valence-corrected chi connectivity index (χ3v) is 3.38. The number of hydrogen-bond acceptors (Lipinski definition) is 1. The predicted molar refractivity (Wildman–Crippen MR) is 77.8 cm³/mol. The van der Waals surface area contributed by atoms with Gasteiger partial charge in [0, 0.05) is 11.3 Å². The van der Waals surface area contributed by atoms with E-state index in [2.05, 4.69) is 0 Å². The van der Waals surface area contributed by atoms with Gasteiger partial charge in [-0.25, -0.2) is 0 Å². The molecule has 19 heavy (non-hydrogen) atoms. The quantitative estimate of drug-likeness (QED) is 0.797. The van der Waals surface area contributed by atoms with E-state index < -0.39 is 0 Å². The van der Waals surface area contributed by atoms with Crippen LogP contribution in [-0.4, -0.2) is 11.9 Å². The summed E-state index contributed by atoms with van der Waals surface area (Å²) in [5.41, 5.74) is 2.72. The zero-order valence-corrected chi connectivity index (χ0v) is 10.8. The molecule has 0 spiro atoms. The molecule has 94 valence electrons. The minimum absolute atomic E-state index is 0.0740. The van der Waals surface area contributed by atoms with Crippen LogP contribution >= 0.6 is 0 Å². The van der Waals surface area contributed by atoms with E-state index in [-0.39, 0.29) is 11.9 Å². The SMILES string of the molecule is CC1C=C(c2ccccc2)C(=O)N1c1ccccc1. The van der Waals surface area contributed by atoms with Crippen LogP contribution in [0.4, 0.5) is 5.69 Å². The molecule has 0 bridgehead atoms. The molecular weight excluding hydrogens is 234 g/mol. The van der Waals surface area contributed by atoms with E-state index in [4.69, 9.17) is 0 Å². The second kappa shape index (κ2) is 4.73. The van der Waals surface area contributed by atoms with Gasteiger partial charge in [-0.1, -0.05) is 48.5 Å². The van der Waals surface area contributed by atoms with E-state index in [1.165, 1.54) is 0 Å². The number of hydrogen-bond donors (Lipinski definition) is 0. The van der Waals surface area contributed by atoms with Crippen LogP contribution in [-0.2, 0) is 4.79 Å². The fourth-order valence-corrected chi connectivity index (χ4v) is 2.48. The van der Waals surface area contributed by atoms with Crippen molar-refractivity contribution in [2.24, 2.45) is 0 Å². The molecule has 1 heterocycles. The molecule has 0 saturated heterocycles. The maximum absolute atomic E-state index is 12.6. The molecule has 2 aromatic rings. The highest BCUT2D eigenvalue weighted by Crippen LogP contribution is 2.30. The fourth-order valence-electron chi connectivity index (χ4n) is 2.48. The summed E-state index contributed by atoms with van der Waals surface area (Å²) >= 11 is 0. The Morgan fingerprint density at radius 1 is 0.895 bits per heavy atom. The lowest BCUT2D eigenvalue weighted by Gasteiger charge is -2.22. The molecule has 1 atom stereocenters. The third-order valence-electron chi connectivity index (χ3n) is 3.38. The first-order valence-corrected chi connectivity index (χ1v) is 6.43. The average molecular weight is 249 g/mol. The summed E-state index contributed by atoms with van der Waals surface area (Å²) in [4.78, 5) is 14.4. The molecule has 1 unspecified atom stereocenters. The summed E-state index contributed by atoms with van der Waals surface area (Å²) in [7, 11) is 0. The maximum Gasteiger partial charge on any atom is 0.259 e. The van der Waals surface area contributed by atoms with Gasteiger partial charge in [0.05, 0.1) is 6.04 Å². The minimum Gasteiger partial charge on any atom is -0.302 e. The summed E-state index contributed by atoms with van der Waals surface area (Å²) in [5, 5.41) is 0. The Kier molecular flexibility index (Phi) is 2.92. The largest absolute Gasteiger partial charge is 0.302 e. The van der Waals surface area contributed by atoms with Crippen molar-refractivity contribution in [3.63, 3.8) is 0 Å². The number of anilines is 1. The van der Waals surface area contributed by atoms with Crippen molar-refractivity contribution in [2.45, 2.75) is 13.0 Å². The van der Waals surface area contributed by atoms with Crippen LogP contribution in [0.15, 0.2) is 66.7 Å². The van der Waals surface area contributed by atoms with Gasteiger partial charge >= 0.3 is 0 Å². The summed E-state index contributed by atoms with van der Waals surface area (Å²) < 4.78 is 0. The minimum atomic E-state index is 0.0740. The highest BCUT2D eigenvalue weighted by atomic mass is 16.2. The lowest BCUT2D eigenvalue weighted by atomic mass is 10.1. The van der Waals surface area contributed by atoms with Gasteiger partial charge < -0.3 is 4.90 Å². The van der Waals surface area contributed by atoms with Gasteiger partial charge in [-0.15, -0.1) is 0 Å². The van der Waals surface area contributed by atoms with Gasteiger partial charge in [-0.3, -0.25) is 4.79 Å². The maximum atomic E-state index is 12.6. The molecule has 2 heteroatoms. The Balaban J connectivity index is 1.96. The van der Waals surface area contributed by atoms with Crippen LogP contribution < -0.4 is 4.90 Å². The molecule has 0 aliphatic carbocycles. The third kappa shape index (κ3) is 2.06. The van der Waals surface area contributed by atoms with Crippen LogP contribution in [0.2, 0.25) is 0 Å². The first kappa shape index (κ1) is 11.7. The van der Waals surface area contributed by atoms with Crippen molar-refractivity contribution in [3.8, 4) is 0 Å². The molecule has 3 rings (SSSR count). The number of amides is 1. The predicted octanol–water partition coefficient (Wildman–Crippen LogP) is 3.51. The van der Waals surface area contributed by atoms with Crippen LogP contribution in [0.3, 0.4) is 0 Å². The van der Waals surface area contributed by atoms with E-state index in [1.54, 1.807) is 0 Å². The number of benzene rings is 2. The van der Waals surface area contributed by atoms with Gasteiger partial charge in [-0.05, 0) is 30.7 Å². The number of carbonyl (C=O) groups is 1. The fraction of sp³-hybridized carbons (Fsp3) is 0.118. The van der Waals surface area contributed by atoms with Crippen molar-refractivity contribution in [1.29, 1.82) is 0 Å². The number of nitrogens with zero attached hydrogens (tertiary/aromatic N) is 1. The van der Waals surface area contributed by atoms with E-state index in [1.807, 2.05) is 78.6 Å². The summed E-state index contributed by atoms with van der Waals surface area (Å²) in [5.74, 6) is 0.0740. The van der Waals surface area contributed by atoms with Gasteiger partial charge in [0.15, 0.2) is 0 Å². The summed E-state index contributed by atoms with van der Waals surface area (Å²) in [6, 6.07) is 19.7. The second-order valence-electron chi connectivity index (χ2n) is 4.70. The molecule has 0 N–H and O–H groups in total. The van der Waals surface area contributed by atoms with Gasteiger partial charge in [0.25, 0.3) is 5.91 Å². The van der Waals surface area contributed by atoms with Crippen molar-refractivity contribution < 1.29 is 4.79 Å². The molecule has 2 aromatic carbocycles. The first-order chi connectivity index (χ1) is 9.27. The Hall–Kier alpha value is -2.35. The van der Waals surface area contributed by atoms with Gasteiger partial charge in [0.2, 0.25) is 0 Å². The Morgan fingerprint density at radius 3 is 2.11 bits per heavy atom. The van der Waals surface area contributed by atoms with Crippen LogP contribution in [0.25, 0.3) is 5.57 Å². The van der Waals surface area contributed by atoms with Gasteiger partial charge in [-0.2, -0.15) is 0 Å². The molecule has 1 amide bonds. The summed E-state index contributed by atoms with van der Waals surface area (Å²) in [6.07, 6.45) is 2.03. The Bertz CT molecular complexity index is 616. The van der Waals surface area contributed by atoms with Crippen LogP contribution in [0, 0.1) is 0 Å². The van der Waals surface area contributed by atoms with Gasteiger partial charge in [0.1, 0.15) is 0 Å². The molecule has 0 aromatic heterocycles. The lowest BCUT2D eigenvalue weighted by Crippen LogP contribution is -2.32. The van der Waals surface area contributed by atoms with E-state index in [0.717, 1.165) is 16.8 Å².